The molecule has 0 aliphatic rings. The molecule has 1 aromatic carbocycles. The van der Waals surface area contributed by atoms with Crippen molar-refractivity contribution in [3.63, 3.8) is 0 Å². The summed E-state index contributed by atoms with van der Waals surface area (Å²) in [5.74, 6) is 0.430. The van der Waals surface area contributed by atoms with Gasteiger partial charge in [-0.05, 0) is 25.6 Å². The molecule has 0 atom stereocenters. The van der Waals surface area contributed by atoms with Gasteiger partial charge in [0.2, 0.25) is 10.0 Å². The monoisotopic (exact) mass is 314 g/mol. The molecule has 0 spiro atoms. The fourth-order valence-corrected chi connectivity index (χ4v) is 2.73. The maximum atomic E-state index is 11.7. The normalized spacial score (nSPS) is 11.5. The number of ether oxygens (including phenoxy) is 1. The van der Waals surface area contributed by atoms with Crippen molar-refractivity contribution in [2.45, 2.75) is 50.3 Å². The van der Waals surface area contributed by atoms with E-state index in [1.54, 1.807) is 6.07 Å². The molecule has 0 saturated heterocycles. The molecule has 21 heavy (non-hydrogen) atoms. The molecule has 0 unspecified atom stereocenters. The van der Waals surface area contributed by atoms with Gasteiger partial charge in [0.15, 0.2) is 0 Å². The van der Waals surface area contributed by atoms with Gasteiger partial charge < -0.3 is 10.5 Å². The van der Waals surface area contributed by atoms with Gasteiger partial charge in [-0.1, -0.05) is 39.0 Å². The zero-order chi connectivity index (χ0) is 15.7. The molecule has 0 bridgehead atoms. The summed E-state index contributed by atoms with van der Waals surface area (Å²) in [6.45, 7) is 2.75. The molecule has 5 nitrogen and oxygen atoms in total. The first kappa shape index (κ1) is 17.8. The van der Waals surface area contributed by atoms with Crippen LogP contribution in [-0.4, -0.2) is 22.1 Å². The van der Waals surface area contributed by atoms with Crippen LogP contribution in [0.5, 0.6) is 5.75 Å². The lowest BCUT2D eigenvalue weighted by atomic mass is 10.1. The van der Waals surface area contributed by atoms with Crippen LogP contribution in [0.1, 0.15) is 45.4 Å². The maximum absolute atomic E-state index is 11.7. The largest absolute Gasteiger partial charge is 0.491 e. The fourth-order valence-electron chi connectivity index (χ4n) is 1.99. The van der Waals surface area contributed by atoms with Crippen LogP contribution in [0.25, 0.3) is 0 Å². The second kappa shape index (κ2) is 8.89. The van der Waals surface area contributed by atoms with Crippen molar-refractivity contribution in [3.05, 3.63) is 18.2 Å². The van der Waals surface area contributed by atoms with Crippen molar-refractivity contribution in [3.8, 4) is 5.75 Å². The number of rotatable bonds is 10. The molecule has 0 heterocycles. The van der Waals surface area contributed by atoms with Gasteiger partial charge in [0.25, 0.3) is 0 Å². The van der Waals surface area contributed by atoms with Crippen molar-refractivity contribution in [1.82, 2.24) is 4.72 Å². The van der Waals surface area contributed by atoms with Gasteiger partial charge in [-0.2, -0.15) is 0 Å². The lowest BCUT2D eigenvalue weighted by Gasteiger charge is -2.11. The predicted molar refractivity (Wildman–Crippen MR) is 86.0 cm³/mol. The molecule has 0 fully saturated rings. The van der Waals surface area contributed by atoms with E-state index >= 15 is 0 Å². The first-order valence-corrected chi connectivity index (χ1v) is 8.95. The molecular weight excluding hydrogens is 288 g/mol. The molecule has 0 amide bonds. The first-order valence-electron chi connectivity index (χ1n) is 7.47. The lowest BCUT2D eigenvalue weighted by molar-refractivity contribution is 0.305. The Morgan fingerprint density at radius 1 is 1.14 bits per heavy atom. The summed E-state index contributed by atoms with van der Waals surface area (Å²) < 4.78 is 31.3. The molecule has 6 heteroatoms. The number of nitrogens with one attached hydrogen (secondary N) is 1. The summed E-state index contributed by atoms with van der Waals surface area (Å²) in [4.78, 5) is 0.164. The summed E-state index contributed by atoms with van der Waals surface area (Å²) >= 11 is 0. The van der Waals surface area contributed by atoms with Crippen LogP contribution < -0.4 is 15.2 Å². The molecule has 0 saturated carbocycles. The average Bonchev–Trinajstić information content (AvgIpc) is 2.47. The van der Waals surface area contributed by atoms with Gasteiger partial charge in [0, 0.05) is 6.07 Å². The van der Waals surface area contributed by atoms with Crippen LogP contribution >= 0.6 is 0 Å². The third kappa shape index (κ3) is 5.93. The lowest BCUT2D eigenvalue weighted by Crippen LogP contribution is -2.18. The number of benzene rings is 1. The Balaban J connectivity index is 2.50. The Morgan fingerprint density at radius 2 is 1.81 bits per heavy atom. The number of unbranched alkanes of at least 4 members (excludes halogenated alkanes) is 5. The van der Waals surface area contributed by atoms with Crippen molar-refractivity contribution in [2.75, 3.05) is 19.4 Å². The van der Waals surface area contributed by atoms with Crippen molar-refractivity contribution < 1.29 is 13.2 Å². The van der Waals surface area contributed by atoms with Crippen molar-refractivity contribution in [2.24, 2.45) is 0 Å². The van der Waals surface area contributed by atoms with E-state index in [1.165, 1.54) is 44.9 Å². The number of sulfonamides is 1. The molecule has 1 aromatic rings. The van der Waals surface area contributed by atoms with E-state index in [9.17, 15) is 8.42 Å². The Morgan fingerprint density at radius 3 is 2.48 bits per heavy atom. The molecule has 3 N–H and O–H groups in total. The molecule has 0 aliphatic heterocycles. The highest BCUT2D eigenvalue weighted by atomic mass is 32.2. The number of anilines is 1. The zero-order valence-electron chi connectivity index (χ0n) is 12.9. The van der Waals surface area contributed by atoms with E-state index in [4.69, 9.17) is 10.5 Å². The number of nitrogen functional groups attached to an aromatic ring is 1. The quantitative estimate of drug-likeness (QED) is 0.514. The first-order chi connectivity index (χ1) is 10.0. The van der Waals surface area contributed by atoms with E-state index in [1.807, 2.05) is 0 Å². The van der Waals surface area contributed by atoms with E-state index in [0.717, 1.165) is 12.8 Å². The smallest absolute Gasteiger partial charge is 0.240 e. The molecule has 0 radical (unpaired) electrons. The third-order valence-electron chi connectivity index (χ3n) is 3.32. The van der Waals surface area contributed by atoms with Crippen molar-refractivity contribution in [1.29, 1.82) is 0 Å². The van der Waals surface area contributed by atoms with E-state index < -0.39 is 10.0 Å². The van der Waals surface area contributed by atoms with Gasteiger partial charge in [0.1, 0.15) is 5.75 Å². The fraction of sp³-hybridized carbons (Fsp3) is 0.600. The SMILES string of the molecule is CCCCCCCCOc1cc(S(=O)(=O)NC)ccc1N. The van der Waals surface area contributed by atoms with Gasteiger partial charge in [-0.3, -0.25) is 0 Å². The summed E-state index contributed by atoms with van der Waals surface area (Å²) in [5, 5.41) is 0. The minimum Gasteiger partial charge on any atom is -0.491 e. The Labute approximate surface area is 127 Å². The second-order valence-corrected chi connectivity index (χ2v) is 6.91. The number of nitrogens with two attached hydrogens (primary N) is 1. The highest BCUT2D eigenvalue weighted by Crippen LogP contribution is 2.25. The molecule has 120 valence electrons. The average molecular weight is 314 g/mol. The van der Waals surface area contributed by atoms with Crippen LogP contribution in [-0.2, 0) is 10.0 Å². The number of hydrogen-bond acceptors (Lipinski definition) is 4. The topological polar surface area (TPSA) is 81.4 Å². The molecule has 0 aliphatic carbocycles. The standard InChI is InChI=1S/C15H26N2O3S/c1-3-4-5-6-7-8-11-20-15-12-13(9-10-14(15)16)21(18,19)17-2/h9-10,12,17H,3-8,11,16H2,1-2H3. The van der Waals surface area contributed by atoms with E-state index in [2.05, 4.69) is 11.6 Å². The van der Waals surface area contributed by atoms with Gasteiger partial charge in [0.05, 0.1) is 17.2 Å². The molecule has 0 aromatic heterocycles. The molecule has 1 rings (SSSR count). The van der Waals surface area contributed by atoms with E-state index in [0.29, 0.717) is 18.0 Å². The summed E-state index contributed by atoms with van der Waals surface area (Å²) in [5.41, 5.74) is 6.27. The van der Waals surface area contributed by atoms with Crippen LogP contribution in [0.4, 0.5) is 5.69 Å². The van der Waals surface area contributed by atoms with Crippen LogP contribution in [0.15, 0.2) is 23.1 Å². The summed E-state index contributed by atoms with van der Waals surface area (Å²) in [6.07, 6.45) is 7.05. The van der Waals surface area contributed by atoms with E-state index in [-0.39, 0.29) is 4.90 Å². The Hall–Kier alpha value is -1.27. The minimum atomic E-state index is -3.47. The third-order valence-corrected chi connectivity index (χ3v) is 4.73. The predicted octanol–water partition coefficient (Wildman–Crippen LogP) is 2.92. The van der Waals surface area contributed by atoms with Crippen LogP contribution in [0.3, 0.4) is 0 Å². The second-order valence-electron chi connectivity index (χ2n) is 5.02. The maximum Gasteiger partial charge on any atom is 0.240 e. The van der Waals surface area contributed by atoms with Gasteiger partial charge in [-0.15, -0.1) is 0 Å². The minimum absolute atomic E-state index is 0.164. The zero-order valence-corrected chi connectivity index (χ0v) is 13.7. The van der Waals surface area contributed by atoms with Crippen molar-refractivity contribution >= 4 is 15.7 Å². The Bertz CT molecular complexity index is 530. The highest BCUT2D eigenvalue weighted by molar-refractivity contribution is 7.89. The van der Waals surface area contributed by atoms with Gasteiger partial charge in [-0.25, -0.2) is 13.1 Å². The summed E-state index contributed by atoms with van der Waals surface area (Å²) in [6, 6.07) is 4.50. The Kier molecular flexibility index (Phi) is 7.53. The number of hydrogen-bond donors (Lipinski definition) is 2. The summed E-state index contributed by atoms with van der Waals surface area (Å²) in [7, 11) is -2.09. The van der Waals surface area contributed by atoms with Gasteiger partial charge >= 0.3 is 0 Å². The van der Waals surface area contributed by atoms with Crippen LogP contribution in [0.2, 0.25) is 0 Å². The van der Waals surface area contributed by atoms with Crippen LogP contribution in [0, 0.1) is 0 Å². The molecular formula is C15H26N2O3S. The highest BCUT2D eigenvalue weighted by Gasteiger charge is 2.13.